The van der Waals surface area contributed by atoms with Crippen LogP contribution in [-0.2, 0) is 0 Å². The van der Waals surface area contributed by atoms with Gasteiger partial charge in [0.1, 0.15) is 0 Å². The number of benzene rings is 13. The predicted molar refractivity (Wildman–Crippen MR) is 514 cm³/mol. The molecular weight excluding hydrogens is 1530 g/mol. The van der Waals surface area contributed by atoms with E-state index in [1.165, 1.54) is 22.3 Å². The Morgan fingerprint density at radius 2 is 0.294 bits per heavy atom. The molecule has 0 fully saturated rings. The maximum atomic E-state index is 5.14. The number of hydrogen-bond acceptors (Lipinski definition) is 10. The van der Waals surface area contributed by atoms with Gasteiger partial charge in [0.2, 0.25) is 0 Å². The van der Waals surface area contributed by atoms with E-state index in [2.05, 4.69) is 308 Å². The maximum absolute atomic E-state index is 5.14. The molecule has 0 spiro atoms. The molecule has 592 valence electrons. The van der Waals surface area contributed by atoms with Crippen LogP contribution in [0.2, 0.25) is 0 Å². The molecule has 126 heavy (non-hydrogen) atoms. The van der Waals surface area contributed by atoms with Gasteiger partial charge in [-0.05, 0) is 150 Å². The van der Waals surface area contributed by atoms with E-state index in [0.717, 1.165) is 180 Å². The fraction of sp³-hybridized carbons (Fsp3) is 0. The van der Waals surface area contributed by atoms with Crippen LogP contribution in [0.1, 0.15) is 0 Å². The minimum Gasteiger partial charge on any atom is -0.255 e. The van der Waals surface area contributed by atoms with Crippen LogP contribution in [0.4, 0.5) is 0 Å². The van der Waals surface area contributed by atoms with Crippen LogP contribution < -0.4 is 0 Å². The molecule has 0 saturated heterocycles. The van der Waals surface area contributed by atoms with Crippen molar-refractivity contribution in [2.75, 3.05) is 0 Å². The average molecular weight is 1610 g/mol. The highest BCUT2D eigenvalue weighted by molar-refractivity contribution is 5.84. The van der Waals surface area contributed by atoms with E-state index in [1.807, 2.05) is 164 Å². The first-order chi connectivity index (χ1) is 62.4. The van der Waals surface area contributed by atoms with Crippen LogP contribution in [0.3, 0.4) is 0 Å². The minimum atomic E-state index is 0.705. The minimum absolute atomic E-state index is 0.705. The molecule has 0 aliphatic carbocycles. The highest BCUT2D eigenvalue weighted by atomic mass is 14.9. The monoisotopic (exact) mass is 1610 g/mol. The van der Waals surface area contributed by atoms with Gasteiger partial charge in [0, 0.05) is 74.9 Å². The van der Waals surface area contributed by atoms with Crippen LogP contribution >= 0.6 is 0 Å². The third-order valence-electron chi connectivity index (χ3n) is 22.5. The van der Waals surface area contributed by atoms with Gasteiger partial charge in [0.05, 0.1) is 68.3 Å². The summed E-state index contributed by atoms with van der Waals surface area (Å²) in [6.07, 6.45) is 7.58. The van der Waals surface area contributed by atoms with Gasteiger partial charge in [0.25, 0.3) is 0 Å². The second-order valence-corrected chi connectivity index (χ2v) is 30.7. The first-order valence-corrected chi connectivity index (χ1v) is 42.0. The zero-order valence-electron chi connectivity index (χ0n) is 68.5. The third-order valence-corrected chi connectivity index (χ3v) is 22.5. The Labute approximate surface area is 732 Å². The summed E-state index contributed by atoms with van der Waals surface area (Å²) in [5.41, 5.74) is 36.0. The first-order valence-electron chi connectivity index (χ1n) is 42.0. The normalized spacial score (nSPS) is 11.0. The molecule has 21 aromatic rings. The van der Waals surface area contributed by atoms with Gasteiger partial charge in [-0.1, -0.05) is 382 Å². The summed E-state index contributed by atoms with van der Waals surface area (Å²) >= 11 is 0. The lowest BCUT2D eigenvalue weighted by molar-refractivity contribution is 1.18. The molecule has 0 aliphatic rings. The summed E-state index contributed by atoms with van der Waals surface area (Å²) < 4.78 is 0. The van der Waals surface area contributed by atoms with Crippen molar-refractivity contribution in [2.24, 2.45) is 0 Å². The van der Waals surface area contributed by atoms with Gasteiger partial charge >= 0.3 is 0 Å². The van der Waals surface area contributed by atoms with E-state index in [0.29, 0.717) is 11.6 Å². The first kappa shape index (κ1) is 77.5. The Hall–Kier alpha value is -17.1. The summed E-state index contributed by atoms with van der Waals surface area (Å²) in [5.74, 6) is 1.41. The summed E-state index contributed by atoms with van der Waals surface area (Å²) in [6.45, 7) is 0. The highest BCUT2D eigenvalue weighted by Crippen LogP contribution is 2.39. The fourth-order valence-corrected chi connectivity index (χ4v) is 15.7. The smallest absolute Gasteiger partial charge is 0.160 e. The van der Waals surface area contributed by atoms with E-state index in [1.54, 1.807) is 6.20 Å². The van der Waals surface area contributed by atoms with Gasteiger partial charge in [-0.25, -0.2) is 29.9 Å². The van der Waals surface area contributed by atoms with Gasteiger partial charge in [0.15, 0.2) is 11.6 Å². The van der Waals surface area contributed by atoms with Crippen molar-refractivity contribution in [1.29, 1.82) is 0 Å². The molecule has 8 heterocycles. The number of nitrogens with zero attached hydrogens (tertiary/aromatic N) is 10. The molecule has 21 rings (SSSR count). The highest BCUT2D eigenvalue weighted by Gasteiger charge is 2.19. The number of rotatable bonds is 19. The average Bonchev–Trinajstić information content (AvgIpc) is 0.806. The Bertz CT molecular complexity index is 7060. The van der Waals surface area contributed by atoms with Crippen molar-refractivity contribution in [3.05, 3.63) is 474 Å². The Kier molecular flexibility index (Phi) is 22.2. The van der Waals surface area contributed by atoms with E-state index in [4.69, 9.17) is 44.9 Å². The second-order valence-electron chi connectivity index (χ2n) is 30.7. The van der Waals surface area contributed by atoms with Crippen molar-refractivity contribution in [1.82, 2.24) is 49.8 Å². The Balaban J connectivity index is 0.000000160. The number of aromatic nitrogens is 10. The summed E-state index contributed by atoms with van der Waals surface area (Å²) in [6, 6.07) is 155. The molecule has 0 radical (unpaired) electrons. The standard InChI is InChI=1S/C61H41N5.C55H37N5/c1-5-13-42(14-6-1)44-23-27-48(28-24-44)54-37-59(55-35-33-52(40-62-55)43-15-7-2-8-16-43)64-60(38-54)56-36-34-53(41-63-56)47-25-21-45(22-26-47)46-29-31-50(32-30-46)58-39-57(49-17-9-3-10-18-49)65-61(66-58)51-19-11-4-12-20-51;1-4-12-38(13-5-1)39-21-25-43(26-22-39)48-34-53(49-18-10-11-33-56-49)58-54(35-48)50-32-31-47(37-57-50)42-23-19-40(20-24-42)41-27-29-45(30-28-41)52-36-51(44-14-6-2-7-15-44)59-55(60-52)46-16-8-3-9-17-46/h1-41H;1-37H. The summed E-state index contributed by atoms with van der Waals surface area (Å²) in [7, 11) is 0. The molecule has 10 heteroatoms. The lowest BCUT2D eigenvalue weighted by Gasteiger charge is -2.11. The van der Waals surface area contributed by atoms with Gasteiger partial charge in [-0.3, -0.25) is 19.9 Å². The van der Waals surface area contributed by atoms with Crippen LogP contribution in [0, 0.1) is 0 Å². The molecule has 0 bridgehead atoms. The number of pyridine rings is 6. The SMILES string of the molecule is c1ccc(-c2ccc(-c3cc(-c4ccc(-c5ccccc5)cn4)nc(-c4ccc(-c5ccc(-c6ccc(-c7cc(-c8ccccc8)nc(-c8ccccc8)n7)cc6)cc5)cn4)c3)cc2)cc1.c1ccc(-c2ccc(-c3cc(-c4ccccn4)nc(-c4ccc(-c5ccc(-c6ccc(-c7cc(-c8ccccc8)nc(-c8ccccc8)n7)cc6)cc5)cn4)c3)cc2)cc1. The molecule has 0 N–H and O–H groups in total. The van der Waals surface area contributed by atoms with Crippen LogP contribution in [0.15, 0.2) is 474 Å². The lowest BCUT2D eigenvalue weighted by atomic mass is 9.98. The second kappa shape index (κ2) is 36.1. The molecular formula is C116H78N10. The molecule has 0 amide bonds. The van der Waals surface area contributed by atoms with Gasteiger partial charge in [-0.2, -0.15) is 0 Å². The molecule has 0 aliphatic heterocycles. The molecule has 13 aromatic carbocycles. The van der Waals surface area contributed by atoms with Crippen molar-refractivity contribution in [3.8, 4) is 213 Å². The predicted octanol–water partition coefficient (Wildman–Crippen LogP) is 29.0. The third kappa shape index (κ3) is 17.6. The number of hydrogen-bond donors (Lipinski definition) is 0. The Morgan fingerprint density at radius 1 is 0.103 bits per heavy atom. The molecule has 0 unspecified atom stereocenters. The van der Waals surface area contributed by atoms with Crippen molar-refractivity contribution < 1.29 is 0 Å². The van der Waals surface area contributed by atoms with E-state index in [9.17, 15) is 0 Å². The topological polar surface area (TPSA) is 129 Å². The molecule has 8 aromatic heterocycles. The zero-order valence-corrected chi connectivity index (χ0v) is 68.5. The summed E-state index contributed by atoms with van der Waals surface area (Å²) in [5, 5.41) is 0. The lowest BCUT2D eigenvalue weighted by Crippen LogP contribution is -1.95. The van der Waals surface area contributed by atoms with Crippen LogP contribution in [-0.4, -0.2) is 49.8 Å². The van der Waals surface area contributed by atoms with Crippen molar-refractivity contribution in [2.45, 2.75) is 0 Å². The molecule has 10 nitrogen and oxygen atoms in total. The van der Waals surface area contributed by atoms with E-state index in [-0.39, 0.29) is 0 Å². The van der Waals surface area contributed by atoms with E-state index < -0.39 is 0 Å². The fourth-order valence-electron chi connectivity index (χ4n) is 15.7. The van der Waals surface area contributed by atoms with Gasteiger partial charge in [-0.15, -0.1) is 0 Å². The quantitative estimate of drug-likeness (QED) is 0.0772. The molecule has 0 saturated carbocycles. The van der Waals surface area contributed by atoms with Crippen molar-refractivity contribution in [3.63, 3.8) is 0 Å². The maximum Gasteiger partial charge on any atom is 0.160 e. The zero-order chi connectivity index (χ0) is 84.2. The van der Waals surface area contributed by atoms with Crippen LogP contribution in [0.25, 0.3) is 213 Å². The molecule has 0 atom stereocenters. The summed E-state index contributed by atoms with van der Waals surface area (Å²) in [4.78, 5) is 49.5. The van der Waals surface area contributed by atoms with Crippen LogP contribution in [0.5, 0.6) is 0 Å². The van der Waals surface area contributed by atoms with Gasteiger partial charge < -0.3 is 0 Å². The largest absolute Gasteiger partial charge is 0.255 e. The van der Waals surface area contributed by atoms with E-state index >= 15 is 0 Å². The Morgan fingerprint density at radius 3 is 0.540 bits per heavy atom. The van der Waals surface area contributed by atoms with Crippen molar-refractivity contribution >= 4 is 0 Å².